The Morgan fingerprint density at radius 1 is 1.12 bits per heavy atom. The maximum atomic E-state index is 13.2. The van der Waals surface area contributed by atoms with E-state index in [2.05, 4.69) is 4.72 Å². The highest BCUT2D eigenvalue weighted by Gasteiger charge is 2.35. The lowest BCUT2D eigenvalue weighted by Crippen LogP contribution is -2.30. The summed E-state index contributed by atoms with van der Waals surface area (Å²) < 4.78 is 70.7. The summed E-state index contributed by atoms with van der Waals surface area (Å²) in [5.41, 5.74) is -3.11. The normalized spacial score (nSPS) is 11.8. The van der Waals surface area contributed by atoms with Crippen molar-refractivity contribution in [1.29, 1.82) is 0 Å². The van der Waals surface area contributed by atoms with E-state index in [9.17, 15) is 41.3 Å². The second-order valence-electron chi connectivity index (χ2n) is 6.91. The highest BCUT2D eigenvalue weighted by atomic mass is 32.2. The third-order valence-electron chi connectivity index (χ3n) is 3.92. The quantitative estimate of drug-likeness (QED) is 0.329. The summed E-state index contributed by atoms with van der Waals surface area (Å²) in [4.78, 5) is 33.6. The molecular formula is C19H18F3N3O7S. The first-order chi connectivity index (χ1) is 15.2. The second kappa shape index (κ2) is 9.95. The first kappa shape index (κ1) is 25.7. The third kappa shape index (κ3) is 6.98. The van der Waals surface area contributed by atoms with Gasteiger partial charge in [0.2, 0.25) is 10.0 Å². The van der Waals surface area contributed by atoms with E-state index in [4.69, 9.17) is 4.74 Å². The monoisotopic (exact) mass is 489 g/mol. The number of nitro benzene ring substituents is 1. The van der Waals surface area contributed by atoms with Crippen molar-refractivity contribution in [3.8, 4) is 0 Å². The molecule has 0 unspecified atom stereocenters. The van der Waals surface area contributed by atoms with Crippen LogP contribution in [0.1, 0.15) is 29.8 Å². The van der Waals surface area contributed by atoms with E-state index < -0.39 is 56.5 Å². The second-order valence-corrected chi connectivity index (χ2v) is 8.62. The molecule has 0 aliphatic rings. The van der Waals surface area contributed by atoms with Gasteiger partial charge in [0.05, 0.1) is 26.6 Å². The average molecular weight is 489 g/mol. The number of nitrogens with zero attached hydrogens (tertiary/aromatic N) is 1. The standard InChI is InChI=1S/C19H18F3N3O7S/c1-11(2)24-33(30,31)14-6-3-12(4-7-14)18(27)32-10-17(26)23-16-8-5-13(25(28)29)9-15(16)19(20,21)22/h3-9,11,24H,10H2,1-2H3,(H,23,26). The predicted molar refractivity (Wildman–Crippen MR) is 109 cm³/mol. The van der Waals surface area contributed by atoms with Crippen molar-refractivity contribution < 1.29 is 40.8 Å². The van der Waals surface area contributed by atoms with Gasteiger partial charge in [-0.05, 0) is 44.2 Å². The topological polar surface area (TPSA) is 145 Å². The first-order valence-electron chi connectivity index (χ1n) is 9.15. The molecule has 33 heavy (non-hydrogen) atoms. The molecule has 0 aliphatic carbocycles. The summed E-state index contributed by atoms with van der Waals surface area (Å²) in [7, 11) is -3.79. The zero-order chi connectivity index (χ0) is 25.0. The maximum absolute atomic E-state index is 13.2. The number of halogens is 3. The molecule has 0 bridgehead atoms. The number of sulfonamides is 1. The van der Waals surface area contributed by atoms with Crippen molar-refractivity contribution in [3.63, 3.8) is 0 Å². The van der Waals surface area contributed by atoms with Crippen LogP contribution in [0.2, 0.25) is 0 Å². The fourth-order valence-corrected chi connectivity index (χ4v) is 3.79. The number of benzene rings is 2. The van der Waals surface area contributed by atoms with Crippen LogP contribution in [-0.4, -0.2) is 37.9 Å². The van der Waals surface area contributed by atoms with Gasteiger partial charge in [0.1, 0.15) is 0 Å². The Morgan fingerprint density at radius 3 is 2.24 bits per heavy atom. The van der Waals surface area contributed by atoms with Gasteiger partial charge in [-0.3, -0.25) is 14.9 Å². The number of rotatable bonds is 8. The van der Waals surface area contributed by atoms with E-state index in [1.807, 2.05) is 5.32 Å². The van der Waals surface area contributed by atoms with Crippen molar-refractivity contribution in [2.45, 2.75) is 31.0 Å². The maximum Gasteiger partial charge on any atom is 0.418 e. The van der Waals surface area contributed by atoms with Gasteiger partial charge in [0.25, 0.3) is 11.6 Å². The van der Waals surface area contributed by atoms with Crippen LogP contribution in [0.5, 0.6) is 0 Å². The fraction of sp³-hybridized carbons (Fsp3) is 0.263. The van der Waals surface area contributed by atoms with Gasteiger partial charge in [-0.25, -0.2) is 17.9 Å². The highest BCUT2D eigenvalue weighted by molar-refractivity contribution is 7.89. The number of anilines is 1. The SMILES string of the molecule is CC(C)NS(=O)(=O)c1ccc(C(=O)OCC(=O)Nc2ccc([N+](=O)[O-])cc2C(F)(F)F)cc1. The van der Waals surface area contributed by atoms with E-state index in [1.54, 1.807) is 13.8 Å². The minimum atomic E-state index is -4.99. The predicted octanol–water partition coefficient (Wildman–Crippen LogP) is 3.10. The molecular weight excluding hydrogens is 471 g/mol. The number of non-ortho nitro benzene ring substituents is 1. The number of carbonyl (C=O) groups excluding carboxylic acids is 2. The van der Waals surface area contributed by atoms with E-state index in [1.165, 1.54) is 0 Å². The molecule has 10 nitrogen and oxygen atoms in total. The Labute approximate surface area is 185 Å². The Balaban J connectivity index is 2.05. The lowest BCUT2D eigenvalue weighted by molar-refractivity contribution is -0.385. The minimum absolute atomic E-state index is 0.0994. The average Bonchev–Trinajstić information content (AvgIpc) is 2.70. The summed E-state index contributed by atoms with van der Waals surface area (Å²) in [5, 5.41) is 12.6. The molecule has 178 valence electrons. The number of ether oxygens (including phenoxy) is 1. The Kier molecular flexibility index (Phi) is 7.76. The molecule has 2 N–H and O–H groups in total. The lowest BCUT2D eigenvalue weighted by atomic mass is 10.1. The molecule has 0 saturated carbocycles. The number of hydrogen-bond acceptors (Lipinski definition) is 7. The van der Waals surface area contributed by atoms with Crippen molar-refractivity contribution in [1.82, 2.24) is 4.72 Å². The molecule has 0 fully saturated rings. The molecule has 0 radical (unpaired) electrons. The Hall–Kier alpha value is -3.52. The number of amides is 1. The molecule has 2 rings (SSSR count). The zero-order valence-electron chi connectivity index (χ0n) is 17.2. The number of esters is 1. The third-order valence-corrected chi connectivity index (χ3v) is 5.59. The smallest absolute Gasteiger partial charge is 0.418 e. The van der Waals surface area contributed by atoms with Gasteiger partial charge in [-0.1, -0.05) is 0 Å². The molecule has 1 amide bonds. The molecule has 14 heteroatoms. The molecule has 0 heterocycles. The zero-order valence-corrected chi connectivity index (χ0v) is 18.0. The van der Waals surface area contributed by atoms with Crippen LogP contribution in [0.3, 0.4) is 0 Å². The van der Waals surface area contributed by atoms with Gasteiger partial charge in [0, 0.05) is 18.2 Å². The Bertz CT molecular complexity index is 1160. The summed E-state index contributed by atoms with van der Waals surface area (Å²) in [6.07, 6.45) is -4.99. The number of hydrogen-bond donors (Lipinski definition) is 2. The number of nitrogens with one attached hydrogen (secondary N) is 2. The first-order valence-corrected chi connectivity index (χ1v) is 10.6. The fourth-order valence-electron chi connectivity index (χ4n) is 2.54. The molecule has 2 aromatic carbocycles. The number of nitro groups is 1. The van der Waals surface area contributed by atoms with Gasteiger partial charge in [-0.15, -0.1) is 0 Å². The number of alkyl halides is 3. The van der Waals surface area contributed by atoms with Crippen LogP contribution < -0.4 is 10.0 Å². The van der Waals surface area contributed by atoms with E-state index in [0.29, 0.717) is 6.07 Å². The lowest BCUT2D eigenvalue weighted by Gasteiger charge is -2.13. The molecule has 0 aromatic heterocycles. The van der Waals surface area contributed by atoms with Gasteiger partial charge in [-0.2, -0.15) is 13.2 Å². The van der Waals surface area contributed by atoms with Crippen LogP contribution in [0.15, 0.2) is 47.4 Å². The van der Waals surface area contributed by atoms with E-state index >= 15 is 0 Å². The number of carbonyl (C=O) groups is 2. The van der Waals surface area contributed by atoms with Crippen LogP contribution in [0.25, 0.3) is 0 Å². The van der Waals surface area contributed by atoms with Crippen molar-refractivity contribution in [2.24, 2.45) is 0 Å². The van der Waals surface area contributed by atoms with Gasteiger partial charge < -0.3 is 10.1 Å². The van der Waals surface area contributed by atoms with E-state index in [0.717, 1.165) is 30.3 Å². The summed E-state index contributed by atoms with van der Waals surface area (Å²) in [6.45, 7) is 2.30. The van der Waals surface area contributed by atoms with Crippen molar-refractivity contribution in [2.75, 3.05) is 11.9 Å². The Morgan fingerprint density at radius 2 is 1.73 bits per heavy atom. The van der Waals surface area contributed by atoms with E-state index in [-0.39, 0.29) is 22.6 Å². The highest BCUT2D eigenvalue weighted by Crippen LogP contribution is 2.37. The van der Waals surface area contributed by atoms with Crippen LogP contribution in [0, 0.1) is 10.1 Å². The largest absolute Gasteiger partial charge is 0.452 e. The van der Waals surface area contributed by atoms with Crippen molar-refractivity contribution >= 4 is 33.3 Å². The van der Waals surface area contributed by atoms with Crippen LogP contribution >= 0.6 is 0 Å². The summed E-state index contributed by atoms with van der Waals surface area (Å²) in [6, 6.07) is 5.99. The molecule has 2 aromatic rings. The van der Waals surface area contributed by atoms with Crippen LogP contribution in [-0.2, 0) is 25.7 Å². The molecule has 0 atom stereocenters. The summed E-state index contributed by atoms with van der Waals surface area (Å²) in [5.74, 6) is -2.14. The molecule has 0 spiro atoms. The van der Waals surface area contributed by atoms with Crippen molar-refractivity contribution in [3.05, 3.63) is 63.7 Å². The van der Waals surface area contributed by atoms with Gasteiger partial charge in [0.15, 0.2) is 6.61 Å². The summed E-state index contributed by atoms with van der Waals surface area (Å²) >= 11 is 0. The molecule has 0 saturated heterocycles. The van der Waals surface area contributed by atoms with Crippen LogP contribution in [0.4, 0.5) is 24.5 Å². The minimum Gasteiger partial charge on any atom is -0.452 e. The molecule has 0 aliphatic heterocycles. The van der Waals surface area contributed by atoms with Gasteiger partial charge >= 0.3 is 12.1 Å².